The maximum atomic E-state index is 6.39. The van der Waals surface area contributed by atoms with Gasteiger partial charge in [-0.25, -0.2) is 4.98 Å². The number of hydrogen-bond donors (Lipinski definition) is 1. The summed E-state index contributed by atoms with van der Waals surface area (Å²) in [5, 5.41) is 4.14. The third-order valence-corrected chi connectivity index (χ3v) is 3.36. The molecule has 1 heterocycles. The first-order valence-corrected chi connectivity index (χ1v) is 7.15. The van der Waals surface area contributed by atoms with Gasteiger partial charge in [-0.3, -0.25) is 0 Å². The number of aromatic nitrogens is 2. The molecule has 1 aromatic heterocycles. The summed E-state index contributed by atoms with van der Waals surface area (Å²) in [5.74, 6) is 1.03. The fourth-order valence-corrected chi connectivity index (χ4v) is 2.37. The van der Waals surface area contributed by atoms with Gasteiger partial charge in [-0.2, -0.15) is 0 Å². The Hall–Kier alpha value is -1.32. The van der Waals surface area contributed by atoms with Crippen molar-refractivity contribution in [2.24, 2.45) is 0 Å². The summed E-state index contributed by atoms with van der Waals surface area (Å²) in [6, 6.07) is 6.20. The molecule has 2 aromatic rings. The highest BCUT2D eigenvalue weighted by Gasteiger charge is 2.07. The second kappa shape index (κ2) is 6.73. The minimum atomic E-state index is 0.767. The molecule has 3 nitrogen and oxygen atoms in total. The summed E-state index contributed by atoms with van der Waals surface area (Å²) in [6.45, 7) is 6.14. The highest BCUT2D eigenvalue weighted by Crippen LogP contribution is 2.23. The molecule has 0 bridgehead atoms. The predicted molar refractivity (Wildman–Crippen MR) is 79.9 cm³/mol. The van der Waals surface area contributed by atoms with E-state index in [1.54, 1.807) is 0 Å². The van der Waals surface area contributed by atoms with Crippen LogP contribution in [-0.4, -0.2) is 16.1 Å². The molecule has 0 unspecified atom stereocenters. The zero-order valence-corrected chi connectivity index (χ0v) is 12.2. The largest absolute Gasteiger partial charge is 0.313 e. The Morgan fingerprint density at radius 2 is 2.16 bits per heavy atom. The van der Waals surface area contributed by atoms with Gasteiger partial charge in [-0.1, -0.05) is 31.5 Å². The van der Waals surface area contributed by atoms with E-state index in [0.29, 0.717) is 0 Å². The third kappa shape index (κ3) is 3.37. The number of aryl methyl sites for hydroxylation is 1. The molecule has 0 aliphatic carbocycles. The molecule has 2 rings (SSSR count). The predicted octanol–water partition coefficient (Wildman–Crippen LogP) is 3.59. The topological polar surface area (TPSA) is 29.9 Å². The second-order valence-electron chi connectivity index (χ2n) is 4.53. The molecule has 102 valence electrons. The van der Waals surface area contributed by atoms with Crippen LogP contribution in [0.5, 0.6) is 0 Å². The van der Waals surface area contributed by atoms with Gasteiger partial charge in [-0.05, 0) is 30.7 Å². The van der Waals surface area contributed by atoms with Crippen LogP contribution in [0.3, 0.4) is 0 Å². The third-order valence-electron chi connectivity index (χ3n) is 3.06. The molecule has 0 spiro atoms. The number of imidazole rings is 1. The van der Waals surface area contributed by atoms with Gasteiger partial charge in [0.05, 0.1) is 10.7 Å². The lowest BCUT2D eigenvalue weighted by Crippen LogP contribution is -2.13. The molecule has 0 fully saturated rings. The van der Waals surface area contributed by atoms with Crippen molar-refractivity contribution in [1.29, 1.82) is 0 Å². The average Bonchev–Trinajstić information content (AvgIpc) is 2.87. The van der Waals surface area contributed by atoms with Gasteiger partial charge in [0.2, 0.25) is 0 Å². The van der Waals surface area contributed by atoms with Crippen LogP contribution >= 0.6 is 11.6 Å². The van der Waals surface area contributed by atoms with Crippen LogP contribution in [0.1, 0.15) is 31.7 Å². The second-order valence-corrected chi connectivity index (χ2v) is 4.94. The number of hydrogen-bond acceptors (Lipinski definition) is 2. The molecule has 0 aliphatic heterocycles. The number of benzene rings is 1. The quantitative estimate of drug-likeness (QED) is 0.818. The van der Waals surface area contributed by atoms with Gasteiger partial charge in [0.25, 0.3) is 0 Å². The van der Waals surface area contributed by atoms with Crippen molar-refractivity contribution < 1.29 is 0 Å². The van der Waals surface area contributed by atoms with Crippen LogP contribution < -0.4 is 5.32 Å². The normalized spacial score (nSPS) is 10.9. The lowest BCUT2D eigenvalue weighted by molar-refractivity contribution is 0.675. The molecule has 0 radical (unpaired) electrons. The lowest BCUT2D eigenvalue weighted by Gasteiger charge is -2.11. The highest BCUT2D eigenvalue weighted by atomic mass is 35.5. The van der Waals surface area contributed by atoms with Gasteiger partial charge < -0.3 is 9.88 Å². The zero-order chi connectivity index (χ0) is 13.7. The number of nitrogens with zero attached hydrogens (tertiary/aromatic N) is 2. The molecule has 0 atom stereocenters. The van der Waals surface area contributed by atoms with Crippen LogP contribution in [0.25, 0.3) is 5.69 Å². The van der Waals surface area contributed by atoms with E-state index < -0.39 is 0 Å². The zero-order valence-electron chi connectivity index (χ0n) is 11.5. The van der Waals surface area contributed by atoms with Crippen molar-refractivity contribution in [3.05, 3.63) is 47.0 Å². The van der Waals surface area contributed by atoms with Crippen molar-refractivity contribution in [1.82, 2.24) is 14.9 Å². The van der Waals surface area contributed by atoms with Gasteiger partial charge in [0.15, 0.2) is 0 Å². The highest BCUT2D eigenvalue weighted by molar-refractivity contribution is 6.32. The van der Waals surface area contributed by atoms with Gasteiger partial charge in [0, 0.05) is 25.4 Å². The smallest absolute Gasteiger partial charge is 0.112 e. The summed E-state index contributed by atoms with van der Waals surface area (Å²) in [4.78, 5) is 4.33. The number of rotatable bonds is 6. The Morgan fingerprint density at radius 1 is 1.32 bits per heavy atom. The van der Waals surface area contributed by atoms with E-state index in [9.17, 15) is 0 Å². The van der Waals surface area contributed by atoms with E-state index >= 15 is 0 Å². The summed E-state index contributed by atoms with van der Waals surface area (Å²) in [6.07, 6.45) is 5.80. The fraction of sp³-hybridized carbons (Fsp3) is 0.400. The molecule has 0 amide bonds. The molecule has 19 heavy (non-hydrogen) atoms. The maximum absolute atomic E-state index is 6.39. The van der Waals surface area contributed by atoms with Gasteiger partial charge in [0.1, 0.15) is 5.82 Å². The molecule has 1 N–H and O–H groups in total. The van der Waals surface area contributed by atoms with Crippen LogP contribution in [0.2, 0.25) is 5.02 Å². The molecule has 4 heteroatoms. The van der Waals surface area contributed by atoms with E-state index in [0.717, 1.165) is 42.5 Å². The van der Waals surface area contributed by atoms with E-state index in [2.05, 4.69) is 36.3 Å². The van der Waals surface area contributed by atoms with E-state index in [1.165, 1.54) is 5.56 Å². The van der Waals surface area contributed by atoms with Crippen LogP contribution in [-0.2, 0) is 13.0 Å². The van der Waals surface area contributed by atoms with Crippen LogP contribution in [0, 0.1) is 0 Å². The van der Waals surface area contributed by atoms with Crippen molar-refractivity contribution in [2.45, 2.75) is 33.2 Å². The molecular formula is C15H20ClN3. The van der Waals surface area contributed by atoms with E-state index in [4.69, 9.17) is 11.6 Å². The van der Waals surface area contributed by atoms with Crippen molar-refractivity contribution in [2.75, 3.05) is 6.54 Å². The SMILES string of the molecule is CCCNCc1ccc(-n2ccnc2CC)c(Cl)c1. The number of nitrogens with one attached hydrogen (secondary N) is 1. The van der Waals surface area contributed by atoms with Crippen LogP contribution in [0.4, 0.5) is 0 Å². The van der Waals surface area contributed by atoms with Crippen molar-refractivity contribution in [3.63, 3.8) is 0 Å². The lowest BCUT2D eigenvalue weighted by atomic mass is 10.2. The first kappa shape index (κ1) is 14.1. The minimum absolute atomic E-state index is 0.767. The standard InChI is InChI=1S/C15H20ClN3/c1-3-7-17-11-12-5-6-14(13(16)10-12)19-9-8-18-15(19)4-2/h5-6,8-10,17H,3-4,7,11H2,1-2H3. The molecule has 0 saturated heterocycles. The fourth-order valence-electron chi connectivity index (χ4n) is 2.08. The Bertz CT molecular complexity index is 534. The minimum Gasteiger partial charge on any atom is -0.313 e. The Morgan fingerprint density at radius 3 is 2.84 bits per heavy atom. The first-order chi connectivity index (χ1) is 9.26. The van der Waals surface area contributed by atoms with Crippen molar-refractivity contribution >= 4 is 11.6 Å². The number of halogens is 1. The average molecular weight is 278 g/mol. The molecule has 0 saturated carbocycles. The molecular weight excluding hydrogens is 258 g/mol. The first-order valence-electron chi connectivity index (χ1n) is 6.78. The monoisotopic (exact) mass is 277 g/mol. The maximum Gasteiger partial charge on any atom is 0.112 e. The summed E-state index contributed by atoms with van der Waals surface area (Å²) in [5.41, 5.74) is 2.20. The Labute approximate surface area is 119 Å². The van der Waals surface area contributed by atoms with E-state index in [1.807, 2.05) is 23.0 Å². The molecule has 1 aromatic carbocycles. The summed E-state index contributed by atoms with van der Waals surface area (Å²) < 4.78 is 2.05. The van der Waals surface area contributed by atoms with Crippen LogP contribution in [0.15, 0.2) is 30.6 Å². The Balaban J connectivity index is 2.19. The summed E-state index contributed by atoms with van der Waals surface area (Å²) in [7, 11) is 0. The van der Waals surface area contributed by atoms with Gasteiger partial charge >= 0.3 is 0 Å². The van der Waals surface area contributed by atoms with Crippen molar-refractivity contribution in [3.8, 4) is 5.69 Å². The van der Waals surface area contributed by atoms with E-state index in [-0.39, 0.29) is 0 Å². The Kier molecular flexibility index (Phi) is 5.00. The summed E-state index contributed by atoms with van der Waals surface area (Å²) >= 11 is 6.39. The van der Waals surface area contributed by atoms with Gasteiger partial charge in [-0.15, -0.1) is 0 Å². The molecule has 0 aliphatic rings.